The molecule has 5 nitrogen and oxygen atoms in total. The van der Waals surface area contributed by atoms with E-state index in [9.17, 15) is 9.59 Å². The number of carbonyl (C=O) groups excluding carboxylic acids is 2. The van der Waals surface area contributed by atoms with Crippen LogP contribution in [0.15, 0.2) is 24.3 Å². The van der Waals surface area contributed by atoms with Crippen molar-refractivity contribution < 1.29 is 9.59 Å². The number of likely N-dealkylation sites (N-methyl/N-ethyl adjacent to an activating group) is 1. The number of imide groups is 1. The maximum absolute atomic E-state index is 12.2. The quantitative estimate of drug-likeness (QED) is 0.802. The minimum Gasteiger partial charge on any atom is -0.358 e. The number of rotatable bonds is 1. The summed E-state index contributed by atoms with van der Waals surface area (Å²) in [6.45, 7) is 1.55. The predicted octanol–water partition coefficient (Wildman–Crippen LogP) is 1.28. The first-order valence-corrected chi connectivity index (χ1v) is 7.28. The van der Waals surface area contributed by atoms with Gasteiger partial charge in [-0.05, 0) is 11.6 Å². The van der Waals surface area contributed by atoms with Crippen LogP contribution in [0.25, 0.3) is 10.9 Å². The molecule has 0 spiro atoms. The van der Waals surface area contributed by atoms with Crippen LogP contribution in [0.4, 0.5) is 0 Å². The van der Waals surface area contributed by atoms with Crippen molar-refractivity contribution in [3.05, 3.63) is 35.5 Å². The third kappa shape index (κ3) is 1.81. The van der Waals surface area contributed by atoms with E-state index in [1.807, 2.05) is 12.1 Å². The van der Waals surface area contributed by atoms with E-state index in [-0.39, 0.29) is 17.9 Å². The van der Waals surface area contributed by atoms with Crippen LogP contribution in [-0.2, 0) is 22.6 Å². The molecule has 0 unspecified atom stereocenters. The highest BCUT2D eigenvalue weighted by molar-refractivity contribution is 6.05. The third-order valence-corrected chi connectivity index (χ3v) is 4.71. The predicted molar refractivity (Wildman–Crippen MR) is 78.6 cm³/mol. The molecule has 3 heterocycles. The molecule has 1 fully saturated rings. The summed E-state index contributed by atoms with van der Waals surface area (Å²) in [6.07, 6.45) is 1.21. The fourth-order valence-corrected chi connectivity index (χ4v) is 3.47. The van der Waals surface area contributed by atoms with Crippen molar-refractivity contribution in [1.82, 2.24) is 14.8 Å². The normalized spacial score (nSPS) is 23.1. The molecule has 1 saturated heterocycles. The second kappa shape index (κ2) is 4.43. The Morgan fingerprint density at radius 1 is 1.24 bits per heavy atom. The molecule has 2 aliphatic rings. The van der Waals surface area contributed by atoms with Gasteiger partial charge in [0, 0.05) is 43.2 Å². The number of aromatic nitrogens is 1. The Bertz CT molecular complexity index is 749. The van der Waals surface area contributed by atoms with E-state index in [2.05, 4.69) is 22.0 Å². The van der Waals surface area contributed by atoms with Crippen molar-refractivity contribution in [2.24, 2.45) is 0 Å². The zero-order valence-corrected chi connectivity index (χ0v) is 11.9. The van der Waals surface area contributed by atoms with Crippen LogP contribution >= 0.6 is 0 Å². The number of hydrogen-bond acceptors (Lipinski definition) is 3. The fraction of sp³-hybridized carbons (Fsp3) is 0.375. The number of benzene rings is 1. The van der Waals surface area contributed by atoms with Gasteiger partial charge in [-0.25, -0.2) is 0 Å². The Morgan fingerprint density at radius 3 is 2.81 bits per heavy atom. The molecule has 0 radical (unpaired) electrons. The summed E-state index contributed by atoms with van der Waals surface area (Å²) in [5.41, 5.74) is 3.68. The summed E-state index contributed by atoms with van der Waals surface area (Å²) in [7, 11) is 1.58. The molecule has 2 aromatic rings. The second-order valence-corrected chi connectivity index (χ2v) is 5.86. The molecule has 5 heteroatoms. The zero-order valence-electron chi connectivity index (χ0n) is 11.9. The van der Waals surface area contributed by atoms with E-state index >= 15 is 0 Å². The van der Waals surface area contributed by atoms with Crippen LogP contribution < -0.4 is 0 Å². The van der Waals surface area contributed by atoms with Crippen molar-refractivity contribution in [2.45, 2.75) is 25.4 Å². The summed E-state index contributed by atoms with van der Waals surface area (Å²) in [6, 6.07) is 7.96. The summed E-state index contributed by atoms with van der Waals surface area (Å²) in [5.74, 6) is -0.141. The van der Waals surface area contributed by atoms with Crippen LogP contribution in [0, 0.1) is 0 Å². The van der Waals surface area contributed by atoms with Gasteiger partial charge in [0.2, 0.25) is 11.8 Å². The number of H-pyrrole nitrogens is 1. The van der Waals surface area contributed by atoms with Gasteiger partial charge in [0.1, 0.15) is 0 Å². The molecule has 2 aliphatic heterocycles. The van der Waals surface area contributed by atoms with Crippen molar-refractivity contribution in [1.29, 1.82) is 0 Å². The topological polar surface area (TPSA) is 56.4 Å². The number of carbonyl (C=O) groups is 2. The SMILES string of the molecule is CN1C(=O)C[C@H](N2CCc3[nH]c4ccccc4c3C2)C1=O. The number of amides is 2. The summed E-state index contributed by atoms with van der Waals surface area (Å²) in [5, 5.41) is 1.22. The lowest BCUT2D eigenvalue weighted by atomic mass is 10.0. The number of nitrogens with one attached hydrogen (secondary N) is 1. The lowest BCUT2D eigenvalue weighted by Crippen LogP contribution is -2.43. The van der Waals surface area contributed by atoms with Crippen LogP contribution in [0.1, 0.15) is 17.7 Å². The van der Waals surface area contributed by atoms with E-state index < -0.39 is 0 Å². The van der Waals surface area contributed by atoms with E-state index in [0.29, 0.717) is 6.42 Å². The minimum absolute atomic E-state index is 0.0664. The molecule has 108 valence electrons. The lowest BCUT2D eigenvalue weighted by molar-refractivity contribution is -0.138. The first kappa shape index (κ1) is 12.6. The molecule has 1 N–H and O–H groups in total. The zero-order chi connectivity index (χ0) is 14.6. The number of aromatic amines is 1. The smallest absolute Gasteiger partial charge is 0.246 e. The van der Waals surface area contributed by atoms with Gasteiger partial charge >= 0.3 is 0 Å². The Morgan fingerprint density at radius 2 is 2.05 bits per heavy atom. The van der Waals surface area contributed by atoms with E-state index in [1.54, 1.807) is 7.05 Å². The van der Waals surface area contributed by atoms with E-state index in [1.165, 1.54) is 21.5 Å². The molecule has 1 atom stereocenters. The first-order valence-electron chi connectivity index (χ1n) is 7.28. The molecule has 0 bridgehead atoms. The van der Waals surface area contributed by atoms with Crippen LogP contribution in [-0.4, -0.2) is 46.2 Å². The standard InChI is InChI=1S/C16H17N3O2/c1-18-15(20)8-14(16(18)21)19-7-6-13-11(9-19)10-4-2-3-5-12(10)17-13/h2-5,14,17H,6-9H2,1H3/t14-/m0/s1. The maximum Gasteiger partial charge on any atom is 0.246 e. The second-order valence-electron chi connectivity index (χ2n) is 5.86. The minimum atomic E-state index is -0.288. The Labute approximate surface area is 122 Å². The fourth-order valence-electron chi connectivity index (χ4n) is 3.47. The highest BCUT2D eigenvalue weighted by Crippen LogP contribution is 2.30. The van der Waals surface area contributed by atoms with Crippen molar-refractivity contribution in [3.63, 3.8) is 0 Å². The van der Waals surface area contributed by atoms with E-state index in [0.717, 1.165) is 25.0 Å². The summed E-state index contributed by atoms with van der Waals surface area (Å²) < 4.78 is 0. The van der Waals surface area contributed by atoms with Gasteiger partial charge in [-0.15, -0.1) is 0 Å². The Balaban J connectivity index is 1.68. The molecule has 0 aliphatic carbocycles. The van der Waals surface area contributed by atoms with Crippen molar-refractivity contribution in [2.75, 3.05) is 13.6 Å². The van der Waals surface area contributed by atoms with E-state index in [4.69, 9.17) is 0 Å². The molecule has 2 amide bonds. The largest absolute Gasteiger partial charge is 0.358 e. The molecule has 1 aromatic heterocycles. The molecule has 1 aromatic carbocycles. The van der Waals surface area contributed by atoms with Gasteiger partial charge in [-0.2, -0.15) is 0 Å². The lowest BCUT2D eigenvalue weighted by Gasteiger charge is -2.30. The maximum atomic E-state index is 12.2. The third-order valence-electron chi connectivity index (χ3n) is 4.71. The van der Waals surface area contributed by atoms with Crippen LogP contribution in [0.3, 0.4) is 0 Å². The number of likely N-dealkylation sites (tertiary alicyclic amines) is 1. The number of para-hydroxylation sites is 1. The summed E-state index contributed by atoms with van der Waals surface area (Å²) >= 11 is 0. The Hall–Kier alpha value is -2.14. The van der Waals surface area contributed by atoms with Gasteiger partial charge in [0.05, 0.1) is 12.5 Å². The number of hydrogen-bond donors (Lipinski definition) is 1. The summed E-state index contributed by atoms with van der Waals surface area (Å²) in [4.78, 5) is 30.8. The molecule has 21 heavy (non-hydrogen) atoms. The first-order chi connectivity index (χ1) is 10.1. The number of nitrogens with zero attached hydrogens (tertiary/aromatic N) is 2. The van der Waals surface area contributed by atoms with Gasteiger partial charge in [0.15, 0.2) is 0 Å². The van der Waals surface area contributed by atoms with Crippen LogP contribution in [0.5, 0.6) is 0 Å². The number of fused-ring (bicyclic) bond motifs is 3. The van der Waals surface area contributed by atoms with Crippen molar-refractivity contribution >= 4 is 22.7 Å². The highest BCUT2D eigenvalue weighted by atomic mass is 16.2. The van der Waals surface area contributed by atoms with Crippen molar-refractivity contribution in [3.8, 4) is 0 Å². The van der Waals surface area contributed by atoms with Gasteiger partial charge in [-0.1, -0.05) is 18.2 Å². The Kier molecular flexibility index (Phi) is 2.65. The van der Waals surface area contributed by atoms with Gasteiger partial charge < -0.3 is 4.98 Å². The average Bonchev–Trinajstić information content (AvgIpc) is 2.99. The van der Waals surface area contributed by atoms with Gasteiger partial charge in [-0.3, -0.25) is 19.4 Å². The molecular formula is C16H17N3O2. The molecule has 0 saturated carbocycles. The highest BCUT2D eigenvalue weighted by Gasteiger charge is 2.40. The average molecular weight is 283 g/mol. The monoisotopic (exact) mass is 283 g/mol. The molecular weight excluding hydrogens is 266 g/mol. The van der Waals surface area contributed by atoms with Gasteiger partial charge in [0.25, 0.3) is 0 Å². The molecule has 4 rings (SSSR count). The van der Waals surface area contributed by atoms with Crippen LogP contribution in [0.2, 0.25) is 0 Å².